The van der Waals surface area contributed by atoms with E-state index in [4.69, 9.17) is 14.7 Å². The molecule has 0 saturated heterocycles. The Hall–Kier alpha value is -3.88. The van der Waals surface area contributed by atoms with Gasteiger partial charge in [0.1, 0.15) is 40.8 Å². The van der Waals surface area contributed by atoms with Crippen LogP contribution in [0.25, 0.3) is 0 Å². The van der Waals surface area contributed by atoms with Gasteiger partial charge in [-0.2, -0.15) is 18.4 Å². The van der Waals surface area contributed by atoms with Crippen LogP contribution in [0.4, 0.5) is 17.6 Å². The lowest BCUT2D eigenvalue weighted by Gasteiger charge is -2.36. The SMILES string of the molecule is CC(C)(C)OC(=O)CC1=N[C@](C)(c2nc(CC(=O)c3ccc(C#N)cn3)ccc2F)C[C@@H](C(F)(F)F)O1. The molecule has 0 spiro atoms. The van der Waals surface area contributed by atoms with E-state index in [0.717, 1.165) is 6.07 Å². The summed E-state index contributed by atoms with van der Waals surface area (Å²) in [6, 6.07) is 6.86. The highest BCUT2D eigenvalue weighted by atomic mass is 19.4. The largest absolute Gasteiger partial charge is 0.467 e. The molecule has 0 N–H and O–H groups in total. The minimum Gasteiger partial charge on any atom is -0.467 e. The summed E-state index contributed by atoms with van der Waals surface area (Å²) in [5.41, 5.74) is -2.80. The lowest BCUT2D eigenvalue weighted by molar-refractivity contribution is -0.208. The van der Waals surface area contributed by atoms with Gasteiger partial charge in [0.25, 0.3) is 0 Å². The molecule has 0 aliphatic carbocycles. The molecule has 0 radical (unpaired) electrons. The van der Waals surface area contributed by atoms with E-state index < -0.39 is 65.4 Å². The Bertz CT molecular complexity index is 1260. The van der Waals surface area contributed by atoms with Crippen LogP contribution < -0.4 is 0 Å². The van der Waals surface area contributed by atoms with Crippen molar-refractivity contribution in [1.29, 1.82) is 5.26 Å². The number of carbonyl (C=O) groups excluding carboxylic acids is 2. The summed E-state index contributed by atoms with van der Waals surface area (Å²) in [7, 11) is 0. The Labute approximate surface area is 210 Å². The molecule has 8 nitrogen and oxygen atoms in total. The van der Waals surface area contributed by atoms with Gasteiger partial charge in [0.15, 0.2) is 17.8 Å². The molecule has 0 unspecified atom stereocenters. The molecular formula is C25H24F4N4O4. The van der Waals surface area contributed by atoms with Crippen molar-refractivity contribution in [3.05, 3.63) is 58.9 Å². The molecule has 0 aromatic carbocycles. The van der Waals surface area contributed by atoms with Gasteiger partial charge in [0.05, 0.1) is 12.0 Å². The quantitative estimate of drug-likeness (QED) is 0.310. The first-order chi connectivity index (χ1) is 17.1. The number of hydrogen-bond donors (Lipinski definition) is 0. The number of hydrogen-bond acceptors (Lipinski definition) is 8. The third kappa shape index (κ3) is 7.09. The van der Waals surface area contributed by atoms with Gasteiger partial charge in [-0.3, -0.25) is 19.6 Å². The van der Waals surface area contributed by atoms with Gasteiger partial charge in [0, 0.05) is 18.3 Å². The first-order valence-electron chi connectivity index (χ1n) is 11.2. The van der Waals surface area contributed by atoms with E-state index in [1.54, 1.807) is 20.8 Å². The van der Waals surface area contributed by atoms with Crippen LogP contribution in [-0.2, 0) is 26.2 Å². The number of ether oxygens (including phenoxy) is 2. The number of rotatable bonds is 6. The van der Waals surface area contributed by atoms with Crippen LogP contribution in [0.5, 0.6) is 0 Å². The fourth-order valence-corrected chi connectivity index (χ4v) is 3.67. The standard InChI is InChI=1S/C25H24F4N4O4/c1-23(2,3)37-21(35)10-20-33-24(4,11-19(36-20)25(27,28)29)22-16(26)7-6-15(32-22)9-18(34)17-8-5-14(12-30)13-31-17/h5-8,13,19H,9-11H2,1-4H3/t19-,24-/m0/s1. The smallest absolute Gasteiger partial charge is 0.425 e. The molecule has 0 saturated carbocycles. The molecule has 0 fully saturated rings. The molecule has 2 atom stereocenters. The van der Waals surface area contributed by atoms with Gasteiger partial charge >= 0.3 is 12.1 Å². The Kier molecular flexibility index (Phi) is 7.67. The fourth-order valence-electron chi connectivity index (χ4n) is 3.67. The monoisotopic (exact) mass is 520 g/mol. The second-order valence-electron chi connectivity index (χ2n) is 9.67. The van der Waals surface area contributed by atoms with E-state index in [-0.39, 0.29) is 23.4 Å². The van der Waals surface area contributed by atoms with Crippen LogP contribution in [0.3, 0.4) is 0 Å². The predicted octanol–water partition coefficient (Wildman–Crippen LogP) is 4.61. The fraction of sp³-hybridized carbons (Fsp3) is 0.440. The van der Waals surface area contributed by atoms with Gasteiger partial charge in [-0.25, -0.2) is 9.38 Å². The highest BCUT2D eigenvalue weighted by molar-refractivity contribution is 5.96. The number of alkyl halides is 3. The third-order valence-corrected chi connectivity index (χ3v) is 5.25. The molecule has 37 heavy (non-hydrogen) atoms. The number of carbonyl (C=O) groups is 2. The molecular weight excluding hydrogens is 496 g/mol. The molecule has 3 heterocycles. The Morgan fingerprint density at radius 3 is 2.46 bits per heavy atom. The number of nitrogens with zero attached hydrogens (tertiary/aromatic N) is 4. The van der Waals surface area contributed by atoms with Crippen molar-refractivity contribution >= 4 is 17.7 Å². The average Bonchev–Trinajstić information content (AvgIpc) is 2.78. The maximum absolute atomic E-state index is 14.9. The van der Waals surface area contributed by atoms with Gasteiger partial charge < -0.3 is 9.47 Å². The maximum atomic E-state index is 14.9. The van der Waals surface area contributed by atoms with Gasteiger partial charge in [-0.1, -0.05) is 0 Å². The number of aromatic nitrogens is 2. The van der Waals surface area contributed by atoms with Crippen LogP contribution in [-0.4, -0.2) is 45.5 Å². The highest BCUT2D eigenvalue weighted by Crippen LogP contribution is 2.41. The third-order valence-electron chi connectivity index (χ3n) is 5.25. The summed E-state index contributed by atoms with van der Waals surface area (Å²) in [5.74, 6) is -2.85. The molecule has 196 valence electrons. The van der Waals surface area contributed by atoms with E-state index in [9.17, 15) is 27.2 Å². The Morgan fingerprint density at radius 1 is 1.19 bits per heavy atom. The first-order valence-corrected chi connectivity index (χ1v) is 11.2. The van der Waals surface area contributed by atoms with Crippen molar-refractivity contribution in [2.45, 2.75) is 70.4 Å². The number of Topliss-reactive ketones (excluding diaryl/α,β-unsaturated/α-hetero) is 1. The number of ketones is 1. The molecule has 12 heteroatoms. The van der Waals surface area contributed by atoms with Gasteiger partial charge in [-0.15, -0.1) is 0 Å². The van der Waals surface area contributed by atoms with Crippen molar-refractivity contribution in [2.24, 2.45) is 4.99 Å². The highest BCUT2D eigenvalue weighted by Gasteiger charge is 2.51. The molecule has 0 bridgehead atoms. The van der Waals surface area contributed by atoms with Crippen molar-refractivity contribution < 1.29 is 36.6 Å². The van der Waals surface area contributed by atoms with Crippen LogP contribution in [0.2, 0.25) is 0 Å². The van der Waals surface area contributed by atoms with Crippen LogP contribution >= 0.6 is 0 Å². The van der Waals surface area contributed by atoms with E-state index in [1.165, 1.54) is 31.3 Å². The summed E-state index contributed by atoms with van der Waals surface area (Å²) >= 11 is 0. The topological polar surface area (TPSA) is 115 Å². The van der Waals surface area contributed by atoms with Gasteiger partial charge in [0.2, 0.25) is 0 Å². The summed E-state index contributed by atoms with van der Waals surface area (Å²) in [6.07, 6.45) is -7.80. The van der Waals surface area contributed by atoms with Crippen molar-refractivity contribution in [2.75, 3.05) is 0 Å². The molecule has 3 rings (SSSR count). The van der Waals surface area contributed by atoms with E-state index in [0.29, 0.717) is 0 Å². The van der Waals surface area contributed by atoms with Crippen LogP contribution in [0.15, 0.2) is 35.5 Å². The number of nitriles is 1. The molecule has 2 aromatic rings. The summed E-state index contributed by atoms with van der Waals surface area (Å²) in [4.78, 5) is 37.0. The first kappa shape index (κ1) is 27.7. The predicted molar refractivity (Wildman–Crippen MR) is 122 cm³/mol. The lowest BCUT2D eigenvalue weighted by Crippen LogP contribution is -2.45. The number of aliphatic imine (C=N–C) groups is 1. The average molecular weight is 520 g/mol. The zero-order chi connectivity index (χ0) is 27.6. The summed E-state index contributed by atoms with van der Waals surface area (Å²) in [5, 5.41) is 8.86. The van der Waals surface area contributed by atoms with Crippen molar-refractivity contribution in [3.63, 3.8) is 0 Å². The minimum atomic E-state index is -4.83. The maximum Gasteiger partial charge on any atom is 0.425 e. The van der Waals surface area contributed by atoms with E-state index in [1.807, 2.05) is 6.07 Å². The van der Waals surface area contributed by atoms with Crippen LogP contribution in [0, 0.1) is 17.1 Å². The van der Waals surface area contributed by atoms with E-state index >= 15 is 0 Å². The number of halogens is 4. The van der Waals surface area contributed by atoms with Crippen LogP contribution in [0.1, 0.15) is 68.0 Å². The number of pyridine rings is 2. The molecule has 1 aliphatic heterocycles. The second-order valence-corrected chi connectivity index (χ2v) is 9.67. The van der Waals surface area contributed by atoms with Gasteiger partial charge in [-0.05, 0) is 52.0 Å². The summed E-state index contributed by atoms with van der Waals surface area (Å²) < 4.78 is 66.1. The lowest BCUT2D eigenvalue weighted by atomic mass is 9.88. The molecule has 0 amide bonds. The van der Waals surface area contributed by atoms with E-state index in [2.05, 4.69) is 15.0 Å². The second kappa shape index (κ2) is 10.2. The van der Waals surface area contributed by atoms with Crippen molar-refractivity contribution in [3.8, 4) is 6.07 Å². The zero-order valence-corrected chi connectivity index (χ0v) is 20.5. The molecule has 2 aromatic heterocycles. The normalized spacial score (nSPS) is 19.9. The molecule has 1 aliphatic rings. The Morgan fingerprint density at radius 2 is 1.89 bits per heavy atom. The van der Waals surface area contributed by atoms with Crippen molar-refractivity contribution in [1.82, 2.24) is 9.97 Å². The zero-order valence-electron chi connectivity index (χ0n) is 20.5. The summed E-state index contributed by atoms with van der Waals surface area (Å²) in [6.45, 7) is 6.03. The number of esters is 1. The Balaban J connectivity index is 1.94. The minimum absolute atomic E-state index is 0.0405.